The van der Waals surface area contributed by atoms with Gasteiger partial charge in [0.15, 0.2) is 0 Å². The second-order valence-corrected chi connectivity index (χ2v) is 4.93. The number of pyridine rings is 1. The largest absolute Gasteiger partial charge is 0.506 e. The molecule has 1 aromatic heterocycles. The first-order valence-electron chi connectivity index (χ1n) is 6.99. The number of anilines is 1. The van der Waals surface area contributed by atoms with E-state index in [2.05, 4.69) is 20.5 Å². The Morgan fingerprint density at radius 1 is 1.08 bits per heavy atom. The molecule has 6 nitrogen and oxygen atoms in total. The smallest absolute Gasteiger partial charge is 0.221 e. The molecule has 0 spiro atoms. The number of nitrogens with zero attached hydrogens (tertiary/aromatic N) is 3. The molecule has 7 heteroatoms. The number of phenolic OH excluding ortho intramolecular Hbond substituents is 1. The molecule has 24 heavy (non-hydrogen) atoms. The average molecular weight is 343 g/mol. The van der Waals surface area contributed by atoms with Crippen LogP contribution in [0.3, 0.4) is 0 Å². The Morgan fingerprint density at radius 3 is 2.54 bits per heavy atom. The molecule has 0 aliphatic carbocycles. The van der Waals surface area contributed by atoms with E-state index in [4.69, 9.17) is 0 Å². The SMILES string of the molecule is CC(=O)Nc1ccc(/N=N/c2ccc(O)c3ncccc23)cc1.Cl. The number of phenols is 1. The second-order valence-electron chi connectivity index (χ2n) is 4.93. The maximum Gasteiger partial charge on any atom is 0.221 e. The number of hydrogen-bond donors (Lipinski definition) is 2. The van der Waals surface area contributed by atoms with Crippen molar-refractivity contribution in [2.45, 2.75) is 6.92 Å². The summed E-state index contributed by atoms with van der Waals surface area (Å²) < 4.78 is 0. The predicted octanol–water partition coefficient (Wildman–Crippen LogP) is 4.74. The fourth-order valence-electron chi connectivity index (χ4n) is 2.16. The number of fused-ring (bicyclic) bond motifs is 1. The van der Waals surface area contributed by atoms with Crippen molar-refractivity contribution in [2.75, 3.05) is 5.32 Å². The highest BCUT2D eigenvalue weighted by molar-refractivity contribution is 5.93. The van der Waals surface area contributed by atoms with Crippen molar-refractivity contribution < 1.29 is 9.90 Å². The molecule has 0 atom stereocenters. The molecular formula is C17H15ClN4O2. The molecule has 0 radical (unpaired) electrons. The number of hydrogen-bond acceptors (Lipinski definition) is 5. The molecule has 122 valence electrons. The highest BCUT2D eigenvalue weighted by Crippen LogP contribution is 2.31. The van der Waals surface area contributed by atoms with Gasteiger partial charge >= 0.3 is 0 Å². The number of aromatic nitrogens is 1. The van der Waals surface area contributed by atoms with Crippen molar-refractivity contribution in [3.63, 3.8) is 0 Å². The van der Waals surface area contributed by atoms with Crippen LogP contribution in [0, 0.1) is 0 Å². The molecule has 0 fully saturated rings. The molecule has 0 saturated carbocycles. The molecule has 2 aromatic carbocycles. The van der Waals surface area contributed by atoms with Crippen LogP contribution in [0.1, 0.15) is 6.92 Å². The van der Waals surface area contributed by atoms with Crippen molar-refractivity contribution in [3.05, 3.63) is 54.7 Å². The van der Waals surface area contributed by atoms with Crippen LogP contribution in [-0.2, 0) is 4.79 Å². The van der Waals surface area contributed by atoms with Crippen molar-refractivity contribution in [3.8, 4) is 5.75 Å². The van der Waals surface area contributed by atoms with E-state index in [9.17, 15) is 9.90 Å². The van der Waals surface area contributed by atoms with Crippen LogP contribution >= 0.6 is 12.4 Å². The van der Waals surface area contributed by atoms with E-state index >= 15 is 0 Å². The average Bonchev–Trinajstić information content (AvgIpc) is 2.55. The highest BCUT2D eigenvalue weighted by Gasteiger charge is 2.05. The maximum absolute atomic E-state index is 11.0. The van der Waals surface area contributed by atoms with E-state index < -0.39 is 0 Å². The van der Waals surface area contributed by atoms with E-state index in [0.717, 1.165) is 5.39 Å². The van der Waals surface area contributed by atoms with Crippen molar-refractivity contribution in [2.24, 2.45) is 10.2 Å². The van der Waals surface area contributed by atoms with Gasteiger partial charge in [0.25, 0.3) is 0 Å². The number of rotatable bonds is 3. The molecule has 0 unspecified atom stereocenters. The molecule has 2 N–H and O–H groups in total. The second kappa shape index (κ2) is 7.52. The fraction of sp³-hybridized carbons (Fsp3) is 0.0588. The van der Waals surface area contributed by atoms with E-state index in [-0.39, 0.29) is 24.1 Å². The summed E-state index contributed by atoms with van der Waals surface area (Å²) in [6.07, 6.45) is 1.61. The van der Waals surface area contributed by atoms with Gasteiger partial charge in [0.05, 0.1) is 11.4 Å². The number of amides is 1. The van der Waals surface area contributed by atoms with Crippen LogP contribution in [0.2, 0.25) is 0 Å². The lowest BCUT2D eigenvalue weighted by atomic mass is 10.2. The van der Waals surface area contributed by atoms with E-state index in [1.54, 1.807) is 48.7 Å². The van der Waals surface area contributed by atoms with Crippen LogP contribution in [0.5, 0.6) is 5.75 Å². The third kappa shape index (κ3) is 3.85. The van der Waals surface area contributed by atoms with Gasteiger partial charge in [-0.25, -0.2) is 0 Å². The van der Waals surface area contributed by atoms with Gasteiger partial charge in [-0.05, 0) is 48.5 Å². The van der Waals surface area contributed by atoms with Gasteiger partial charge in [-0.15, -0.1) is 17.5 Å². The van der Waals surface area contributed by atoms with Crippen molar-refractivity contribution in [1.29, 1.82) is 0 Å². The van der Waals surface area contributed by atoms with Crippen molar-refractivity contribution >= 4 is 46.3 Å². The van der Waals surface area contributed by atoms with E-state index in [1.165, 1.54) is 6.92 Å². The lowest BCUT2D eigenvalue weighted by molar-refractivity contribution is -0.114. The summed E-state index contributed by atoms with van der Waals surface area (Å²) in [5, 5.41) is 21.6. The molecule has 0 aliphatic heterocycles. The van der Waals surface area contributed by atoms with Crippen LogP contribution in [0.25, 0.3) is 10.9 Å². The minimum absolute atomic E-state index is 0. The summed E-state index contributed by atoms with van der Waals surface area (Å²) in [5.41, 5.74) is 2.47. The van der Waals surface area contributed by atoms with Gasteiger partial charge in [-0.1, -0.05) is 0 Å². The lowest BCUT2D eigenvalue weighted by Gasteiger charge is -2.03. The van der Waals surface area contributed by atoms with Gasteiger partial charge < -0.3 is 10.4 Å². The highest BCUT2D eigenvalue weighted by atomic mass is 35.5. The zero-order valence-electron chi connectivity index (χ0n) is 12.8. The van der Waals surface area contributed by atoms with Crippen LogP contribution < -0.4 is 5.32 Å². The number of benzene rings is 2. The minimum atomic E-state index is -0.123. The molecular weight excluding hydrogens is 328 g/mol. The quantitative estimate of drug-likeness (QED) is 0.674. The summed E-state index contributed by atoms with van der Waals surface area (Å²) in [6, 6.07) is 13.9. The van der Waals surface area contributed by atoms with Gasteiger partial charge in [0, 0.05) is 24.2 Å². The Balaban J connectivity index is 0.00000208. The predicted molar refractivity (Wildman–Crippen MR) is 95.6 cm³/mol. The Hall–Kier alpha value is -2.99. The van der Waals surface area contributed by atoms with Gasteiger partial charge in [0.2, 0.25) is 5.91 Å². The van der Waals surface area contributed by atoms with E-state index in [1.807, 2.05) is 6.07 Å². The Kier molecular flexibility index (Phi) is 5.44. The molecule has 3 rings (SSSR count). The maximum atomic E-state index is 11.0. The monoisotopic (exact) mass is 342 g/mol. The number of nitrogens with one attached hydrogen (secondary N) is 1. The van der Waals surface area contributed by atoms with Crippen LogP contribution in [0.15, 0.2) is 65.0 Å². The van der Waals surface area contributed by atoms with Gasteiger partial charge in [-0.2, -0.15) is 5.11 Å². The Labute approximate surface area is 144 Å². The Bertz CT molecular complexity index is 895. The number of carbonyl (C=O) groups is 1. The fourth-order valence-corrected chi connectivity index (χ4v) is 2.16. The molecule has 0 saturated heterocycles. The number of aromatic hydroxyl groups is 1. The van der Waals surface area contributed by atoms with Crippen LogP contribution in [0.4, 0.5) is 17.1 Å². The lowest BCUT2D eigenvalue weighted by Crippen LogP contribution is -2.04. The van der Waals surface area contributed by atoms with Crippen molar-refractivity contribution in [1.82, 2.24) is 4.98 Å². The number of carbonyl (C=O) groups excluding carboxylic acids is 1. The zero-order chi connectivity index (χ0) is 16.2. The third-order valence-corrected chi connectivity index (χ3v) is 3.19. The standard InChI is InChI=1S/C17H14N4O2.ClH/c1-11(22)19-12-4-6-13(7-5-12)20-21-15-8-9-16(23)17-14(15)3-2-10-18-17;/h2-10,23H,1H3,(H,19,22);1H/b21-20+;. The minimum Gasteiger partial charge on any atom is -0.506 e. The van der Waals surface area contributed by atoms with Gasteiger partial charge in [0.1, 0.15) is 11.3 Å². The Morgan fingerprint density at radius 2 is 1.83 bits per heavy atom. The molecule has 0 aliphatic rings. The summed E-state index contributed by atoms with van der Waals surface area (Å²) in [7, 11) is 0. The van der Waals surface area contributed by atoms with Crippen LogP contribution in [-0.4, -0.2) is 16.0 Å². The zero-order valence-corrected chi connectivity index (χ0v) is 13.6. The molecule has 1 amide bonds. The summed E-state index contributed by atoms with van der Waals surface area (Å²) >= 11 is 0. The number of azo groups is 1. The topological polar surface area (TPSA) is 86.9 Å². The normalized spacial score (nSPS) is 10.5. The first-order chi connectivity index (χ1) is 11.1. The number of halogens is 1. The van der Waals surface area contributed by atoms with E-state index in [0.29, 0.717) is 22.6 Å². The molecule has 0 bridgehead atoms. The molecule has 3 aromatic rings. The summed E-state index contributed by atoms with van der Waals surface area (Å²) in [4.78, 5) is 15.1. The molecule has 1 heterocycles. The summed E-state index contributed by atoms with van der Waals surface area (Å²) in [6.45, 7) is 1.46. The first kappa shape index (κ1) is 17.4. The first-order valence-corrected chi connectivity index (χ1v) is 6.99. The summed E-state index contributed by atoms with van der Waals surface area (Å²) in [5.74, 6) is -0.0124. The van der Waals surface area contributed by atoms with Gasteiger partial charge in [-0.3, -0.25) is 9.78 Å². The third-order valence-electron chi connectivity index (χ3n) is 3.19.